The lowest BCUT2D eigenvalue weighted by Crippen LogP contribution is -2.33. The van der Waals surface area contributed by atoms with Gasteiger partial charge in [-0.2, -0.15) is 0 Å². The number of amides is 2. The summed E-state index contributed by atoms with van der Waals surface area (Å²) in [5.41, 5.74) is 6.78. The number of nitrogens with two attached hydrogens (primary N) is 1. The standard InChI is InChI=1S/C15H23N3O3/c1-10(2)9-21-14-5-4-12(8-13(14)16)15(20)18-7-6-17-11(3)19/h4-5,8,10H,6-7,9,16H2,1-3H3,(H,17,19)(H,18,20). The molecule has 21 heavy (non-hydrogen) atoms. The zero-order valence-corrected chi connectivity index (χ0v) is 12.7. The topological polar surface area (TPSA) is 93.5 Å². The van der Waals surface area contributed by atoms with E-state index in [1.165, 1.54) is 6.92 Å². The molecular formula is C15H23N3O3. The molecule has 0 atom stereocenters. The number of carbonyl (C=O) groups excluding carboxylic acids is 2. The zero-order chi connectivity index (χ0) is 15.8. The van der Waals surface area contributed by atoms with Gasteiger partial charge in [0.15, 0.2) is 0 Å². The highest BCUT2D eigenvalue weighted by Gasteiger charge is 2.09. The van der Waals surface area contributed by atoms with Gasteiger partial charge in [-0.3, -0.25) is 9.59 Å². The van der Waals surface area contributed by atoms with Crippen LogP contribution in [-0.4, -0.2) is 31.5 Å². The number of ether oxygens (including phenoxy) is 1. The Kier molecular flexibility index (Phi) is 6.52. The van der Waals surface area contributed by atoms with Crippen molar-refractivity contribution in [1.82, 2.24) is 10.6 Å². The smallest absolute Gasteiger partial charge is 0.251 e. The van der Waals surface area contributed by atoms with Gasteiger partial charge in [-0.05, 0) is 24.1 Å². The van der Waals surface area contributed by atoms with Gasteiger partial charge in [-0.15, -0.1) is 0 Å². The summed E-state index contributed by atoms with van der Waals surface area (Å²) in [5, 5.41) is 5.30. The van der Waals surface area contributed by atoms with Crippen LogP contribution in [0.4, 0.5) is 5.69 Å². The molecule has 0 fully saturated rings. The molecular weight excluding hydrogens is 270 g/mol. The maximum absolute atomic E-state index is 11.9. The second-order valence-corrected chi connectivity index (χ2v) is 5.20. The Bertz CT molecular complexity index is 501. The Morgan fingerprint density at radius 3 is 2.48 bits per heavy atom. The van der Waals surface area contributed by atoms with Crippen molar-refractivity contribution < 1.29 is 14.3 Å². The van der Waals surface area contributed by atoms with Gasteiger partial charge < -0.3 is 21.1 Å². The van der Waals surface area contributed by atoms with E-state index < -0.39 is 0 Å². The average molecular weight is 293 g/mol. The predicted molar refractivity (Wildman–Crippen MR) is 82.2 cm³/mol. The maximum Gasteiger partial charge on any atom is 0.251 e. The molecule has 0 aromatic heterocycles. The Morgan fingerprint density at radius 2 is 1.90 bits per heavy atom. The van der Waals surface area contributed by atoms with Gasteiger partial charge >= 0.3 is 0 Å². The second-order valence-electron chi connectivity index (χ2n) is 5.20. The molecule has 0 aliphatic rings. The molecule has 2 amide bonds. The van der Waals surface area contributed by atoms with Crippen molar-refractivity contribution in [1.29, 1.82) is 0 Å². The lowest BCUT2D eigenvalue weighted by molar-refractivity contribution is -0.118. The molecule has 1 aromatic rings. The number of anilines is 1. The van der Waals surface area contributed by atoms with E-state index in [4.69, 9.17) is 10.5 Å². The third kappa shape index (κ3) is 6.16. The number of nitrogen functional groups attached to an aromatic ring is 1. The van der Waals surface area contributed by atoms with Crippen LogP contribution >= 0.6 is 0 Å². The molecule has 0 unspecified atom stereocenters. The fraction of sp³-hybridized carbons (Fsp3) is 0.467. The molecule has 0 aliphatic carbocycles. The van der Waals surface area contributed by atoms with Crippen molar-refractivity contribution >= 4 is 17.5 Å². The SMILES string of the molecule is CC(=O)NCCNC(=O)c1ccc(OCC(C)C)c(N)c1. The zero-order valence-electron chi connectivity index (χ0n) is 12.7. The molecule has 0 saturated carbocycles. The molecule has 0 radical (unpaired) electrons. The average Bonchev–Trinajstić information content (AvgIpc) is 2.41. The third-order valence-electron chi connectivity index (χ3n) is 2.63. The van der Waals surface area contributed by atoms with Crippen LogP contribution in [0, 0.1) is 5.92 Å². The number of carbonyl (C=O) groups is 2. The number of nitrogens with one attached hydrogen (secondary N) is 2. The van der Waals surface area contributed by atoms with Crippen molar-refractivity contribution in [2.45, 2.75) is 20.8 Å². The van der Waals surface area contributed by atoms with Crippen molar-refractivity contribution in [3.63, 3.8) is 0 Å². The third-order valence-corrected chi connectivity index (χ3v) is 2.63. The predicted octanol–water partition coefficient (Wildman–Crippen LogP) is 1.17. The second kappa shape index (κ2) is 8.14. The molecule has 0 heterocycles. The largest absolute Gasteiger partial charge is 0.491 e. The van der Waals surface area contributed by atoms with Crippen molar-refractivity contribution in [2.75, 3.05) is 25.4 Å². The molecule has 4 N–H and O–H groups in total. The first-order chi connectivity index (χ1) is 9.90. The summed E-state index contributed by atoms with van der Waals surface area (Å²) in [6.07, 6.45) is 0. The van der Waals surface area contributed by atoms with Crippen LogP contribution in [0.5, 0.6) is 5.75 Å². The molecule has 0 bridgehead atoms. The summed E-state index contributed by atoms with van der Waals surface area (Å²) >= 11 is 0. The summed E-state index contributed by atoms with van der Waals surface area (Å²) in [6, 6.07) is 4.95. The van der Waals surface area contributed by atoms with Gasteiger partial charge in [0, 0.05) is 25.6 Å². The first kappa shape index (κ1) is 16.8. The number of hydrogen-bond donors (Lipinski definition) is 3. The van der Waals surface area contributed by atoms with Gasteiger partial charge in [0.1, 0.15) is 5.75 Å². The van der Waals surface area contributed by atoms with Gasteiger partial charge in [-0.1, -0.05) is 13.8 Å². The van der Waals surface area contributed by atoms with Gasteiger partial charge in [0.05, 0.1) is 12.3 Å². The molecule has 6 heteroatoms. The van der Waals surface area contributed by atoms with E-state index in [0.717, 1.165) is 0 Å². The highest BCUT2D eigenvalue weighted by Crippen LogP contribution is 2.23. The first-order valence-corrected chi connectivity index (χ1v) is 6.95. The lowest BCUT2D eigenvalue weighted by Gasteiger charge is -2.12. The number of benzene rings is 1. The normalized spacial score (nSPS) is 10.3. The highest BCUT2D eigenvalue weighted by molar-refractivity contribution is 5.95. The first-order valence-electron chi connectivity index (χ1n) is 6.95. The minimum absolute atomic E-state index is 0.125. The minimum atomic E-state index is -0.234. The van der Waals surface area contributed by atoms with Crippen LogP contribution < -0.4 is 21.1 Å². The molecule has 0 spiro atoms. The maximum atomic E-state index is 11.9. The van der Waals surface area contributed by atoms with Crippen LogP contribution in [0.3, 0.4) is 0 Å². The van der Waals surface area contributed by atoms with E-state index in [9.17, 15) is 9.59 Å². The molecule has 0 saturated heterocycles. The van der Waals surface area contributed by atoms with E-state index in [0.29, 0.717) is 42.6 Å². The van der Waals surface area contributed by atoms with E-state index in [2.05, 4.69) is 10.6 Å². The molecule has 1 rings (SSSR count). The highest BCUT2D eigenvalue weighted by atomic mass is 16.5. The fourth-order valence-corrected chi connectivity index (χ4v) is 1.59. The molecule has 6 nitrogen and oxygen atoms in total. The van der Waals surface area contributed by atoms with Gasteiger partial charge in [-0.25, -0.2) is 0 Å². The minimum Gasteiger partial charge on any atom is -0.491 e. The monoisotopic (exact) mass is 293 g/mol. The summed E-state index contributed by atoms with van der Waals surface area (Å²) in [4.78, 5) is 22.6. The Balaban J connectivity index is 2.53. The summed E-state index contributed by atoms with van der Waals surface area (Å²) in [6.45, 7) is 6.86. The van der Waals surface area contributed by atoms with Crippen LogP contribution in [0.15, 0.2) is 18.2 Å². The number of hydrogen-bond acceptors (Lipinski definition) is 4. The number of rotatable bonds is 7. The lowest BCUT2D eigenvalue weighted by atomic mass is 10.1. The Labute approximate surface area is 125 Å². The summed E-state index contributed by atoms with van der Waals surface area (Å²) < 4.78 is 5.55. The summed E-state index contributed by atoms with van der Waals surface area (Å²) in [7, 11) is 0. The quantitative estimate of drug-likeness (QED) is 0.519. The van der Waals surface area contributed by atoms with Gasteiger partial charge in [0.2, 0.25) is 5.91 Å². The van der Waals surface area contributed by atoms with Crippen LogP contribution in [0.25, 0.3) is 0 Å². The molecule has 0 aliphatic heterocycles. The van der Waals surface area contributed by atoms with Gasteiger partial charge in [0.25, 0.3) is 5.91 Å². The fourth-order valence-electron chi connectivity index (χ4n) is 1.59. The van der Waals surface area contributed by atoms with Crippen LogP contribution in [0.2, 0.25) is 0 Å². The molecule has 116 valence electrons. The van der Waals surface area contributed by atoms with E-state index >= 15 is 0 Å². The molecule has 1 aromatic carbocycles. The van der Waals surface area contributed by atoms with E-state index in [1.54, 1.807) is 18.2 Å². The van der Waals surface area contributed by atoms with E-state index in [-0.39, 0.29) is 11.8 Å². The van der Waals surface area contributed by atoms with E-state index in [1.807, 2.05) is 13.8 Å². The Morgan fingerprint density at radius 1 is 1.24 bits per heavy atom. The Hall–Kier alpha value is -2.24. The van der Waals surface area contributed by atoms with Crippen LogP contribution in [0.1, 0.15) is 31.1 Å². The van der Waals surface area contributed by atoms with Crippen LogP contribution in [-0.2, 0) is 4.79 Å². The van der Waals surface area contributed by atoms with Crippen molar-refractivity contribution in [3.05, 3.63) is 23.8 Å². The van der Waals surface area contributed by atoms with Crippen molar-refractivity contribution in [2.24, 2.45) is 5.92 Å². The van der Waals surface area contributed by atoms with Crippen molar-refractivity contribution in [3.8, 4) is 5.75 Å². The summed E-state index contributed by atoms with van der Waals surface area (Å²) in [5.74, 6) is 0.627.